The maximum atomic E-state index is 10.5. The Bertz CT molecular complexity index is 1010. The van der Waals surface area contributed by atoms with Gasteiger partial charge in [-0.15, -0.1) is 0 Å². The maximum Gasteiger partial charge on any atom is 0.294 e. The molecule has 4 rings (SSSR count). The summed E-state index contributed by atoms with van der Waals surface area (Å²) in [5.74, 6) is 0. The summed E-state index contributed by atoms with van der Waals surface area (Å²) in [6.07, 6.45) is 0.117. The molecule has 2 N–H and O–H groups in total. The summed E-state index contributed by atoms with van der Waals surface area (Å²) in [6, 6.07) is 14.2. The normalized spacial score (nSPS) is 16.5. The van der Waals surface area contributed by atoms with Gasteiger partial charge in [-0.25, -0.2) is 0 Å². The van der Waals surface area contributed by atoms with Crippen LogP contribution in [0.3, 0.4) is 0 Å². The Morgan fingerprint density at radius 3 is 2.59 bits per heavy atom. The van der Waals surface area contributed by atoms with Crippen molar-refractivity contribution in [1.29, 1.82) is 0 Å². The maximum absolute atomic E-state index is 10.5. The first-order valence-corrected chi connectivity index (χ1v) is 10.1. The Labute approximate surface area is 158 Å². The van der Waals surface area contributed by atoms with Crippen molar-refractivity contribution in [1.82, 2.24) is 15.1 Å². The van der Waals surface area contributed by atoms with Gasteiger partial charge in [-0.1, -0.05) is 35.9 Å². The minimum Gasteiger partial charge on any atom is -0.369 e. The SMILES string of the molecule is CNC[C@@H]1OCCn2nc3ccccc3c21.Cc1ccc(S(=O)(=O)O)cc1. The fourth-order valence-corrected chi connectivity index (χ4v) is 3.50. The van der Waals surface area contributed by atoms with Gasteiger partial charge in [0.2, 0.25) is 0 Å². The first-order chi connectivity index (χ1) is 12.9. The highest BCUT2D eigenvalue weighted by molar-refractivity contribution is 7.85. The molecule has 2 heterocycles. The van der Waals surface area contributed by atoms with Gasteiger partial charge in [-0.05, 0) is 32.2 Å². The fraction of sp³-hybridized carbons (Fsp3) is 0.316. The number of nitrogens with zero attached hydrogens (tertiary/aromatic N) is 2. The average Bonchev–Trinajstić information content (AvgIpc) is 3.02. The minimum absolute atomic E-state index is 0.0666. The Morgan fingerprint density at radius 2 is 1.93 bits per heavy atom. The first kappa shape index (κ1) is 19.5. The number of hydrogen-bond acceptors (Lipinski definition) is 5. The van der Waals surface area contributed by atoms with Crippen molar-refractivity contribution in [3.05, 3.63) is 59.8 Å². The van der Waals surface area contributed by atoms with Crippen molar-refractivity contribution in [3.8, 4) is 0 Å². The Morgan fingerprint density at radius 1 is 1.22 bits per heavy atom. The molecule has 0 amide bonds. The van der Waals surface area contributed by atoms with Gasteiger partial charge < -0.3 is 10.1 Å². The highest BCUT2D eigenvalue weighted by atomic mass is 32.2. The van der Waals surface area contributed by atoms with E-state index in [4.69, 9.17) is 9.29 Å². The van der Waals surface area contributed by atoms with E-state index in [1.807, 2.05) is 20.0 Å². The monoisotopic (exact) mass is 389 g/mol. The molecule has 0 saturated heterocycles. The van der Waals surface area contributed by atoms with Gasteiger partial charge in [0.25, 0.3) is 10.1 Å². The smallest absolute Gasteiger partial charge is 0.294 e. The lowest BCUT2D eigenvalue weighted by Gasteiger charge is -2.24. The van der Waals surface area contributed by atoms with Gasteiger partial charge in [0.15, 0.2) is 0 Å². The molecular formula is C19H23N3O4S. The number of hydrogen-bond donors (Lipinski definition) is 2. The van der Waals surface area contributed by atoms with Gasteiger partial charge in [-0.3, -0.25) is 9.23 Å². The van der Waals surface area contributed by atoms with Gasteiger partial charge in [0.05, 0.1) is 29.3 Å². The molecule has 0 radical (unpaired) electrons. The Balaban J connectivity index is 0.000000168. The largest absolute Gasteiger partial charge is 0.369 e. The molecule has 0 aliphatic carbocycles. The molecule has 3 aromatic rings. The van der Waals surface area contributed by atoms with E-state index in [2.05, 4.69) is 33.3 Å². The quantitative estimate of drug-likeness (QED) is 0.669. The van der Waals surface area contributed by atoms with E-state index in [-0.39, 0.29) is 11.0 Å². The number of likely N-dealkylation sites (N-methyl/N-ethyl adjacent to an activating group) is 1. The second kappa shape index (κ2) is 8.18. The Hall–Kier alpha value is -2.26. The van der Waals surface area contributed by atoms with Crippen LogP contribution >= 0.6 is 0 Å². The third-order valence-electron chi connectivity index (χ3n) is 4.32. The van der Waals surface area contributed by atoms with Crippen molar-refractivity contribution in [2.24, 2.45) is 0 Å². The van der Waals surface area contributed by atoms with E-state index in [9.17, 15) is 8.42 Å². The number of aryl methyl sites for hydroxylation is 1. The predicted molar refractivity (Wildman–Crippen MR) is 103 cm³/mol. The highest BCUT2D eigenvalue weighted by Gasteiger charge is 2.24. The number of rotatable bonds is 3. The number of benzene rings is 2. The molecule has 2 aromatic carbocycles. The summed E-state index contributed by atoms with van der Waals surface area (Å²) >= 11 is 0. The van der Waals surface area contributed by atoms with Crippen LogP contribution in [0.15, 0.2) is 53.4 Å². The lowest BCUT2D eigenvalue weighted by atomic mass is 10.1. The summed E-state index contributed by atoms with van der Waals surface area (Å²) < 4.78 is 37.4. The highest BCUT2D eigenvalue weighted by Crippen LogP contribution is 2.29. The van der Waals surface area contributed by atoms with Crippen molar-refractivity contribution in [3.63, 3.8) is 0 Å². The topological polar surface area (TPSA) is 93.5 Å². The van der Waals surface area contributed by atoms with E-state index >= 15 is 0 Å². The zero-order valence-electron chi connectivity index (χ0n) is 15.3. The lowest BCUT2D eigenvalue weighted by Crippen LogP contribution is -2.28. The average molecular weight is 389 g/mol. The molecule has 1 aliphatic heterocycles. The number of aromatic nitrogens is 2. The van der Waals surface area contributed by atoms with Crippen LogP contribution in [0.2, 0.25) is 0 Å². The molecule has 1 aromatic heterocycles. The second-order valence-corrected chi connectivity index (χ2v) is 7.75. The molecule has 8 heteroatoms. The minimum atomic E-state index is -4.02. The van der Waals surface area contributed by atoms with Gasteiger partial charge in [0, 0.05) is 11.9 Å². The predicted octanol–water partition coefficient (Wildman–Crippen LogP) is 2.57. The summed E-state index contributed by atoms with van der Waals surface area (Å²) in [7, 11) is -2.07. The van der Waals surface area contributed by atoms with Crippen LogP contribution in [-0.2, 0) is 21.4 Å². The van der Waals surface area contributed by atoms with Crippen molar-refractivity contribution in [2.75, 3.05) is 20.2 Å². The lowest BCUT2D eigenvalue weighted by molar-refractivity contribution is 0.0195. The van der Waals surface area contributed by atoms with Crippen LogP contribution in [-0.4, -0.2) is 43.0 Å². The summed E-state index contributed by atoms with van der Waals surface area (Å²) in [5, 5.41) is 8.97. The van der Waals surface area contributed by atoms with Gasteiger partial charge in [-0.2, -0.15) is 13.5 Å². The molecular weight excluding hydrogens is 366 g/mol. The molecule has 144 valence electrons. The van der Waals surface area contributed by atoms with Crippen LogP contribution in [0.5, 0.6) is 0 Å². The first-order valence-electron chi connectivity index (χ1n) is 8.66. The zero-order chi connectivity index (χ0) is 19.4. The number of fused-ring (bicyclic) bond motifs is 3. The molecule has 0 spiro atoms. The second-order valence-electron chi connectivity index (χ2n) is 6.33. The van der Waals surface area contributed by atoms with Gasteiger partial charge in [0.1, 0.15) is 6.10 Å². The molecule has 27 heavy (non-hydrogen) atoms. The van der Waals surface area contributed by atoms with Crippen LogP contribution in [0.4, 0.5) is 0 Å². The number of ether oxygens (including phenoxy) is 1. The molecule has 1 atom stereocenters. The summed E-state index contributed by atoms with van der Waals surface area (Å²) in [6.45, 7) is 4.26. The van der Waals surface area contributed by atoms with Crippen LogP contribution < -0.4 is 5.32 Å². The van der Waals surface area contributed by atoms with Crippen LogP contribution in [0.25, 0.3) is 10.9 Å². The fourth-order valence-electron chi connectivity index (χ4n) is 3.02. The third kappa shape index (κ3) is 4.54. The van der Waals surface area contributed by atoms with Crippen LogP contribution in [0, 0.1) is 6.92 Å². The van der Waals surface area contributed by atoms with Crippen molar-refractivity contribution >= 4 is 21.0 Å². The van der Waals surface area contributed by atoms with Crippen LogP contribution in [0.1, 0.15) is 17.4 Å². The summed E-state index contributed by atoms with van der Waals surface area (Å²) in [4.78, 5) is -0.0666. The molecule has 7 nitrogen and oxygen atoms in total. The number of nitrogens with one attached hydrogen (secondary N) is 1. The van der Waals surface area contributed by atoms with Gasteiger partial charge >= 0.3 is 0 Å². The third-order valence-corrected chi connectivity index (χ3v) is 5.19. The standard InChI is InChI=1S/C12H15N3O.C7H8O3S/c1-13-8-11-12-9-4-2-3-5-10(9)14-15(12)6-7-16-11;1-6-2-4-7(5-3-6)11(8,9)10/h2-5,11,13H,6-8H2,1H3;2-5H,1H3,(H,8,9,10)/t11-;/m0./s1. The molecule has 1 aliphatic rings. The summed E-state index contributed by atoms with van der Waals surface area (Å²) in [5.41, 5.74) is 3.22. The Kier molecular flexibility index (Phi) is 5.91. The molecule has 0 fully saturated rings. The molecule has 0 unspecified atom stereocenters. The molecule has 0 saturated carbocycles. The van der Waals surface area contributed by atoms with Crippen molar-refractivity contribution in [2.45, 2.75) is 24.5 Å². The van der Waals surface area contributed by atoms with Crippen molar-refractivity contribution < 1.29 is 17.7 Å². The molecule has 0 bridgehead atoms. The van der Waals surface area contributed by atoms with E-state index in [0.717, 1.165) is 30.8 Å². The zero-order valence-corrected chi connectivity index (χ0v) is 16.1. The van der Waals surface area contributed by atoms with E-state index in [0.29, 0.717) is 0 Å². The van der Waals surface area contributed by atoms with E-state index in [1.165, 1.54) is 23.2 Å². The van der Waals surface area contributed by atoms with E-state index in [1.54, 1.807) is 12.1 Å². The van der Waals surface area contributed by atoms with E-state index < -0.39 is 10.1 Å².